The Morgan fingerprint density at radius 3 is 2.67 bits per heavy atom. The van der Waals surface area contributed by atoms with Gasteiger partial charge in [0.05, 0.1) is 12.8 Å². The lowest BCUT2D eigenvalue weighted by Crippen LogP contribution is -2.14. The number of ether oxygens (including phenoxy) is 1. The molecule has 0 aliphatic rings. The first-order chi connectivity index (χ1) is 8.56. The van der Waals surface area contributed by atoms with E-state index < -0.39 is 5.82 Å². The molecular weight excluding hydrogens is 235 g/mol. The Bertz CT molecular complexity index is 650. The van der Waals surface area contributed by atoms with Gasteiger partial charge in [0.1, 0.15) is 0 Å². The van der Waals surface area contributed by atoms with E-state index in [2.05, 4.69) is 10.2 Å². The number of methoxy groups -OCH3 is 1. The second kappa shape index (κ2) is 4.60. The van der Waals surface area contributed by atoms with Crippen molar-refractivity contribution in [1.82, 2.24) is 10.2 Å². The van der Waals surface area contributed by atoms with Gasteiger partial charge in [-0.2, -0.15) is 5.10 Å². The van der Waals surface area contributed by atoms with E-state index in [1.165, 1.54) is 13.2 Å². The maximum absolute atomic E-state index is 14.1. The summed E-state index contributed by atoms with van der Waals surface area (Å²) < 4.78 is 19.0. The molecule has 0 atom stereocenters. The molecule has 18 heavy (non-hydrogen) atoms. The van der Waals surface area contributed by atoms with E-state index in [4.69, 9.17) is 4.74 Å². The summed E-state index contributed by atoms with van der Waals surface area (Å²) in [5, 5.41) is 6.27. The third-order valence-electron chi connectivity index (χ3n) is 2.97. The Balaban J connectivity index is 2.70. The van der Waals surface area contributed by atoms with Crippen molar-refractivity contribution in [2.24, 2.45) is 0 Å². The second-order valence-corrected chi connectivity index (χ2v) is 3.97. The fourth-order valence-electron chi connectivity index (χ4n) is 1.74. The maximum Gasteiger partial charge on any atom is 0.267 e. The van der Waals surface area contributed by atoms with Gasteiger partial charge in [-0.25, -0.2) is 9.49 Å². The molecule has 0 aliphatic carbocycles. The summed E-state index contributed by atoms with van der Waals surface area (Å²) in [6.07, 6.45) is 0. The Morgan fingerprint density at radius 2 is 2.00 bits per heavy atom. The van der Waals surface area contributed by atoms with E-state index in [1.54, 1.807) is 26.0 Å². The number of halogens is 1. The number of aromatic nitrogens is 2. The molecule has 5 heteroatoms. The molecule has 0 saturated carbocycles. The lowest BCUT2D eigenvalue weighted by molar-refractivity contribution is 0.387. The molecule has 4 nitrogen and oxygen atoms in total. The molecule has 0 bridgehead atoms. The van der Waals surface area contributed by atoms with Crippen LogP contribution in [0.3, 0.4) is 0 Å². The zero-order valence-corrected chi connectivity index (χ0v) is 10.4. The van der Waals surface area contributed by atoms with Crippen molar-refractivity contribution in [3.63, 3.8) is 0 Å². The van der Waals surface area contributed by atoms with Crippen molar-refractivity contribution in [3.05, 3.63) is 45.5 Å². The quantitative estimate of drug-likeness (QED) is 0.886. The van der Waals surface area contributed by atoms with Crippen molar-refractivity contribution < 1.29 is 9.13 Å². The number of aromatic amines is 1. The van der Waals surface area contributed by atoms with E-state index in [-0.39, 0.29) is 11.3 Å². The first-order valence-corrected chi connectivity index (χ1v) is 5.45. The minimum Gasteiger partial charge on any atom is -0.494 e. The fraction of sp³-hybridized carbons (Fsp3) is 0.231. The van der Waals surface area contributed by atoms with Crippen molar-refractivity contribution in [3.8, 4) is 17.0 Å². The number of hydrogen-bond acceptors (Lipinski definition) is 3. The Morgan fingerprint density at radius 1 is 1.28 bits per heavy atom. The molecule has 0 aliphatic heterocycles. The molecule has 1 aromatic carbocycles. The van der Waals surface area contributed by atoms with Crippen molar-refractivity contribution >= 4 is 0 Å². The molecule has 0 radical (unpaired) electrons. The smallest absolute Gasteiger partial charge is 0.267 e. The zero-order chi connectivity index (χ0) is 13.3. The minimum atomic E-state index is -0.484. The van der Waals surface area contributed by atoms with Crippen molar-refractivity contribution in [2.75, 3.05) is 7.11 Å². The highest BCUT2D eigenvalue weighted by Crippen LogP contribution is 2.29. The van der Waals surface area contributed by atoms with Gasteiger partial charge in [-0.15, -0.1) is 0 Å². The molecule has 2 rings (SSSR count). The van der Waals surface area contributed by atoms with Crippen molar-refractivity contribution in [2.45, 2.75) is 13.8 Å². The SMILES string of the molecule is COc1cccc(-c2n[nH]c(=O)c(C)c2C)c1F. The summed E-state index contributed by atoms with van der Waals surface area (Å²) >= 11 is 0. The molecule has 2 aromatic rings. The van der Waals surface area contributed by atoms with Crippen molar-refractivity contribution in [1.29, 1.82) is 0 Å². The van der Waals surface area contributed by atoms with Gasteiger partial charge in [-0.05, 0) is 31.5 Å². The van der Waals surface area contributed by atoms with Gasteiger partial charge in [-0.1, -0.05) is 6.07 Å². The normalized spacial score (nSPS) is 10.4. The van der Waals surface area contributed by atoms with Gasteiger partial charge in [0, 0.05) is 11.1 Å². The fourth-order valence-corrected chi connectivity index (χ4v) is 1.74. The molecule has 94 valence electrons. The molecule has 0 spiro atoms. The van der Waals surface area contributed by atoms with Gasteiger partial charge in [0.25, 0.3) is 5.56 Å². The predicted octanol–water partition coefficient (Wildman–Crippen LogP) is 2.20. The molecular formula is C13H13FN2O2. The van der Waals surface area contributed by atoms with Crippen LogP contribution < -0.4 is 10.3 Å². The summed E-state index contributed by atoms with van der Waals surface area (Å²) in [7, 11) is 1.40. The average molecular weight is 248 g/mol. The lowest BCUT2D eigenvalue weighted by Gasteiger charge is -2.09. The Kier molecular flexibility index (Phi) is 3.14. The van der Waals surface area contributed by atoms with Crippen LogP contribution in [-0.4, -0.2) is 17.3 Å². The number of benzene rings is 1. The number of rotatable bonds is 2. The van der Waals surface area contributed by atoms with Crippen LogP contribution >= 0.6 is 0 Å². The zero-order valence-electron chi connectivity index (χ0n) is 10.4. The van der Waals surface area contributed by atoms with Crippen LogP contribution in [0.4, 0.5) is 4.39 Å². The van der Waals surface area contributed by atoms with Crippen LogP contribution in [0.25, 0.3) is 11.3 Å². The highest BCUT2D eigenvalue weighted by atomic mass is 19.1. The largest absolute Gasteiger partial charge is 0.494 e. The Hall–Kier alpha value is -2.17. The van der Waals surface area contributed by atoms with Crippen LogP contribution in [0.1, 0.15) is 11.1 Å². The molecule has 1 aromatic heterocycles. The summed E-state index contributed by atoms with van der Waals surface area (Å²) in [5.74, 6) is -0.334. The van der Waals surface area contributed by atoms with E-state index in [9.17, 15) is 9.18 Å². The molecule has 0 amide bonds. The summed E-state index contributed by atoms with van der Waals surface area (Å²) in [6, 6.07) is 4.82. The molecule has 0 unspecified atom stereocenters. The van der Waals surface area contributed by atoms with E-state index >= 15 is 0 Å². The Labute approximate surface area is 103 Å². The third kappa shape index (κ3) is 1.88. The van der Waals surface area contributed by atoms with Gasteiger partial charge >= 0.3 is 0 Å². The molecule has 0 fully saturated rings. The van der Waals surface area contributed by atoms with Crippen LogP contribution in [0.2, 0.25) is 0 Å². The van der Waals surface area contributed by atoms with E-state index in [0.29, 0.717) is 22.4 Å². The molecule has 0 saturated heterocycles. The summed E-state index contributed by atoms with van der Waals surface area (Å²) in [5.41, 5.74) is 1.65. The van der Waals surface area contributed by atoms with Gasteiger partial charge in [-0.3, -0.25) is 4.79 Å². The first-order valence-electron chi connectivity index (χ1n) is 5.45. The predicted molar refractivity (Wildman–Crippen MR) is 66.3 cm³/mol. The standard InChI is InChI=1S/C13H13FN2O2/c1-7-8(2)13(17)16-15-12(7)9-5-4-6-10(18-3)11(9)14/h4-6H,1-3H3,(H,16,17). The van der Waals surface area contributed by atoms with Gasteiger partial charge in [0.2, 0.25) is 0 Å². The van der Waals surface area contributed by atoms with Gasteiger partial charge in [0.15, 0.2) is 11.6 Å². The number of nitrogens with one attached hydrogen (secondary N) is 1. The molecule has 1 heterocycles. The highest BCUT2D eigenvalue weighted by Gasteiger charge is 2.15. The van der Waals surface area contributed by atoms with Crippen LogP contribution in [0.5, 0.6) is 5.75 Å². The van der Waals surface area contributed by atoms with E-state index in [0.717, 1.165) is 0 Å². The number of hydrogen-bond donors (Lipinski definition) is 1. The number of nitrogens with zero attached hydrogens (tertiary/aromatic N) is 1. The second-order valence-electron chi connectivity index (χ2n) is 3.97. The van der Waals surface area contributed by atoms with E-state index in [1.807, 2.05) is 0 Å². The minimum absolute atomic E-state index is 0.151. The maximum atomic E-state index is 14.1. The van der Waals surface area contributed by atoms with Crippen LogP contribution in [-0.2, 0) is 0 Å². The average Bonchev–Trinajstić information content (AvgIpc) is 2.37. The summed E-state index contributed by atoms with van der Waals surface area (Å²) in [4.78, 5) is 11.4. The van der Waals surface area contributed by atoms with Crippen LogP contribution in [0, 0.1) is 19.7 Å². The monoisotopic (exact) mass is 248 g/mol. The lowest BCUT2D eigenvalue weighted by atomic mass is 10.0. The summed E-state index contributed by atoms with van der Waals surface area (Å²) in [6.45, 7) is 3.42. The highest BCUT2D eigenvalue weighted by molar-refractivity contribution is 5.66. The first kappa shape index (κ1) is 12.3. The van der Waals surface area contributed by atoms with Gasteiger partial charge < -0.3 is 4.74 Å². The number of H-pyrrole nitrogens is 1. The third-order valence-corrected chi connectivity index (χ3v) is 2.97. The topological polar surface area (TPSA) is 55.0 Å². The van der Waals surface area contributed by atoms with Crippen LogP contribution in [0.15, 0.2) is 23.0 Å². The molecule has 1 N–H and O–H groups in total.